The van der Waals surface area contributed by atoms with Crippen molar-refractivity contribution in [1.29, 1.82) is 0 Å². The highest BCUT2D eigenvalue weighted by molar-refractivity contribution is 9.10. The van der Waals surface area contributed by atoms with Crippen molar-refractivity contribution >= 4 is 27.5 Å². The highest BCUT2D eigenvalue weighted by atomic mass is 79.9. The third-order valence-electron chi connectivity index (χ3n) is 3.16. The van der Waals surface area contributed by atoms with E-state index in [1.54, 1.807) is 0 Å². The average Bonchev–Trinajstić information content (AvgIpc) is 2.51. The number of nitrogens with zero attached hydrogens (tertiary/aromatic N) is 1. The first kappa shape index (κ1) is 12.4. The maximum absolute atomic E-state index is 6.19. The van der Waals surface area contributed by atoms with Crippen molar-refractivity contribution in [2.75, 3.05) is 13.1 Å². The molecule has 0 amide bonds. The van der Waals surface area contributed by atoms with Gasteiger partial charge in [0.25, 0.3) is 0 Å². The molecule has 16 heavy (non-hydrogen) atoms. The first-order chi connectivity index (χ1) is 7.56. The molecule has 1 aliphatic rings. The van der Waals surface area contributed by atoms with Gasteiger partial charge < -0.3 is 5.73 Å². The number of nitrogens with two attached hydrogens (primary N) is 1. The highest BCUT2D eigenvalue weighted by Gasteiger charge is 2.26. The van der Waals surface area contributed by atoms with Crippen molar-refractivity contribution < 1.29 is 0 Å². The van der Waals surface area contributed by atoms with Crippen molar-refractivity contribution in [3.05, 3.63) is 33.3 Å². The molecule has 2 unspecified atom stereocenters. The summed E-state index contributed by atoms with van der Waals surface area (Å²) in [7, 11) is 0. The number of rotatable bonds is 2. The maximum Gasteiger partial charge on any atom is 0.0462 e. The largest absolute Gasteiger partial charge is 0.326 e. The molecule has 2 atom stereocenters. The van der Waals surface area contributed by atoms with Gasteiger partial charge in [0.2, 0.25) is 0 Å². The average molecular weight is 304 g/mol. The molecular weight excluding hydrogens is 288 g/mol. The fourth-order valence-corrected chi connectivity index (χ4v) is 2.85. The molecule has 1 aromatic carbocycles. The van der Waals surface area contributed by atoms with Crippen molar-refractivity contribution in [3.63, 3.8) is 0 Å². The van der Waals surface area contributed by atoms with E-state index in [4.69, 9.17) is 17.3 Å². The van der Waals surface area contributed by atoms with E-state index in [1.165, 1.54) is 5.56 Å². The van der Waals surface area contributed by atoms with Crippen LogP contribution in [-0.4, -0.2) is 24.0 Å². The van der Waals surface area contributed by atoms with Gasteiger partial charge in [0.05, 0.1) is 0 Å². The Kier molecular flexibility index (Phi) is 3.90. The van der Waals surface area contributed by atoms with E-state index >= 15 is 0 Å². The minimum Gasteiger partial charge on any atom is -0.326 e. The Balaban J connectivity index is 2.05. The molecule has 88 valence electrons. The molecule has 1 heterocycles. The Labute approximate surface area is 110 Å². The fourth-order valence-electron chi connectivity index (χ4n) is 2.12. The lowest BCUT2D eigenvalue weighted by Crippen LogP contribution is -2.28. The first-order valence-electron chi connectivity index (χ1n) is 5.48. The Morgan fingerprint density at radius 3 is 2.81 bits per heavy atom. The third-order valence-corrected chi connectivity index (χ3v) is 4.00. The molecule has 0 bridgehead atoms. The maximum atomic E-state index is 6.19. The molecule has 1 saturated heterocycles. The number of hydrogen-bond acceptors (Lipinski definition) is 2. The van der Waals surface area contributed by atoms with Crippen LogP contribution in [0.5, 0.6) is 0 Å². The lowest BCUT2D eigenvalue weighted by Gasteiger charge is -2.16. The predicted molar refractivity (Wildman–Crippen MR) is 71.6 cm³/mol. The second-order valence-electron chi connectivity index (χ2n) is 4.57. The van der Waals surface area contributed by atoms with Crippen molar-refractivity contribution in [1.82, 2.24) is 4.90 Å². The topological polar surface area (TPSA) is 29.3 Å². The first-order valence-corrected chi connectivity index (χ1v) is 6.65. The molecule has 1 aliphatic heterocycles. The molecule has 2 nitrogen and oxygen atoms in total. The number of halogens is 2. The van der Waals surface area contributed by atoms with Crippen LogP contribution in [0.2, 0.25) is 5.02 Å². The second kappa shape index (κ2) is 5.05. The molecule has 2 N–H and O–H groups in total. The monoisotopic (exact) mass is 302 g/mol. The lowest BCUT2D eigenvalue weighted by atomic mass is 10.1. The summed E-state index contributed by atoms with van der Waals surface area (Å²) in [6.07, 6.45) is 0. The Bertz CT molecular complexity index is 373. The van der Waals surface area contributed by atoms with Crippen LogP contribution in [-0.2, 0) is 6.54 Å². The van der Waals surface area contributed by atoms with E-state index in [1.807, 2.05) is 12.1 Å². The van der Waals surface area contributed by atoms with Gasteiger partial charge in [-0.15, -0.1) is 0 Å². The van der Waals surface area contributed by atoms with Gasteiger partial charge in [-0.1, -0.05) is 40.5 Å². The van der Waals surface area contributed by atoms with Crippen LogP contribution in [0.15, 0.2) is 22.7 Å². The molecule has 2 rings (SSSR count). The van der Waals surface area contributed by atoms with E-state index in [0.29, 0.717) is 12.0 Å². The van der Waals surface area contributed by atoms with E-state index < -0.39 is 0 Å². The zero-order chi connectivity index (χ0) is 11.7. The summed E-state index contributed by atoms with van der Waals surface area (Å²) in [4.78, 5) is 2.37. The zero-order valence-electron chi connectivity index (χ0n) is 9.29. The molecule has 4 heteroatoms. The summed E-state index contributed by atoms with van der Waals surface area (Å²) in [6.45, 7) is 5.12. The molecule has 1 aromatic rings. The van der Waals surface area contributed by atoms with Crippen LogP contribution in [0.3, 0.4) is 0 Å². The quantitative estimate of drug-likeness (QED) is 0.910. The van der Waals surface area contributed by atoms with Crippen LogP contribution in [0.1, 0.15) is 12.5 Å². The summed E-state index contributed by atoms with van der Waals surface area (Å²) in [5, 5.41) is 0.822. The van der Waals surface area contributed by atoms with Gasteiger partial charge in [0, 0.05) is 35.2 Å². The van der Waals surface area contributed by atoms with Crippen LogP contribution < -0.4 is 5.73 Å². The van der Waals surface area contributed by atoms with E-state index in [2.05, 4.69) is 33.8 Å². The Hall–Kier alpha value is -0.0900. The van der Waals surface area contributed by atoms with Gasteiger partial charge in [0.15, 0.2) is 0 Å². The van der Waals surface area contributed by atoms with Gasteiger partial charge in [-0.05, 0) is 23.6 Å². The Morgan fingerprint density at radius 2 is 2.25 bits per heavy atom. The van der Waals surface area contributed by atoms with Gasteiger partial charge >= 0.3 is 0 Å². The minimum absolute atomic E-state index is 0.300. The van der Waals surface area contributed by atoms with Crippen LogP contribution in [0.4, 0.5) is 0 Å². The SMILES string of the molecule is CC1CN(Cc2ccc(Br)cc2Cl)CC1N. The summed E-state index contributed by atoms with van der Waals surface area (Å²) in [6, 6.07) is 6.34. The Morgan fingerprint density at radius 1 is 1.50 bits per heavy atom. The number of benzene rings is 1. The third kappa shape index (κ3) is 2.77. The van der Waals surface area contributed by atoms with Crippen LogP contribution in [0, 0.1) is 5.92 Å². The van der Waals surface area contributed by atoms with E-state index in [-0.39, 0.29) is 0 Å². The van der Waals surface area contributed by atoms with Crippen LogP contribution >= 0.6 is 27.5 Å². The second-order valence-corrected chi connectivity index (χ2v) is 5.89. The van der Waals surface area contributed by atoms with Crippen molar-refractivity contribution in [2.45, 2.75) is 19.5 Å². The molecule has 0 radical (unpaired) electrons. The summed E-state index contributed by atoms with van der Waals surface area (Å²) < 4.78 is 1.02. The molecular formula is C12H16BrClN2. The summed E-state index contributed by atoms with van der Waals surface area (Å²) in [5.74, 6) is 0.578. The van der Waals surface area contributed by atoms with Gasteiger partial charge in [0.1, 0.15) is 0 Å². The molecule has 1 fully saturated rings. The minimum atomic E-state index is 0.300. The standard InChI is InChI=1S/C12H16BrClN2/c1-8-5-16(7-12(8)15)6-9-2-3-10(13)4-11(9)14/h2-4,8,12H,5-7,15H2,1H3. The van der Waals surface area contributed by atoms with Crippen LogP contribution in [0.25, 0.3) is 0 Å². The molecule has 0 spiro atoms. The normalized spacial score (nSPS) is 26.2. The zero-order valence-corrected chi connectivity index (χ0v) is 11.6. The molecule has 0 aromatic heterocycles. The summed E-state index contributed by atoms with van der Waals surface area (Å²) in [5.41, 5.74) is 7.17. The number of likely N-dealkylation sites (tertiary alicyclic amines) is 1. The number of hydrogen-bond donors (Lipinski definition) is 1. The lowest BCUT2D eigenvalue weighted by molar-refractivity contribution is 0.319. The van der Waals surface area contributed by atoms with E-state index in [0.717, 1.165) is 29.1 Å². The van der Waals surface area contributed by atoms with E-state index in [9.17, 15) is 0 Å². The highest BCUT2D eigenvalue weighted by Crippen LogP contribution is 2.24. The van der Waals surface area contributed by atoms with Gasteiger partial charge in [-0.2, -0.15) is 0 Å². The smallest absolute Gasteiger partial charge is 0.0462 e. The molecule has 0 saturated carbocycles. The fraction of sp³-hybridized carbons (Fsp3) is 0.500. The van der Waals surface area contributed by atoms with Gasteiger partial charge in [-0.3, -0.25) is 4.90 Å². The van der Waals surface area contributed by atoms with Crippen molar-refractivity contribution in [2.24, 2.45) is 11.7 Å². The van der Waals surface area contributed by atoms with Gasteiger partial charge in [-0.25, -0.2) is 0 Å². The summed E-state index contributed by atoms with van der Waals surface area (Å²) >= 11 is 9.60. The van der Waals surface area contributed by atoms with Crippen molar-refractivity contribution in [3.8, 4) is 0 Å². The molecule has 0 aliphatic carbocycles. The predicted octanol–water partition coefficient (Wildman–Crippen LogP) is 2.88.